The molecule has 2 atom stereocenters. The van der Waals surface area contributed by atoms with Gasteiger partial charge in [0.25, 0.3) is 0 Å². The van der Waals surface area contributed by atoms with Crippen LogP contribution >= 0.6 is 25.3 Å². The van der Waals surface area contributed by atoms with Gasteiger partial charge in [-0.15, -0.1) is 0 Å². The Balaban J connectivity index is 4.39. The molecule has 0 bridgehead atoms. The predicted molar refractivity (Wildman–Crippen MR) is 76.9 cm³/mol. The molecule has 4 nitrogen and oxygen atoms in total. The molecule has 0 saturated carbocycles. The molecule has 0 saturated heterocycles. The van der Waals surface area contributed by atoms with Crippen molar-refractivity contribution < 1.29 is 19.1 Å². The van der Waals surface area contributed by atoms with Crippen molar-refractivity contribution in [3.05, 3.63) is 0 Å². The van der Waals surface area contributed by atoms with Gasteiger partial charge in [0.15, 0.2) is 0 Å². The van der Waals surface area contributed by atoms with E-state index in [4.69, 9.17) is 9.47 Å². The van der Waals surface area contributed by atoms with Crippen LogP contribution < -0.4 is 0 Å². The lowest BCUT2D eigenvalue weighted by Crippen LogP contribution is -2.30. The normalized spacial score (nSPS) is 15.6. The summed E-state index contributed by atoms with van der Waals surface area (Å²) in [5, 5.41) is 0. The maximum absolute atomic E-state index is 11.6. The van der Waals surface area contributed by atoms with Gasteiger partial charge in [-0.3, -0.25) is 9.59 Å². The van der Waals surface area contributed by atoms with Crippen LogP contribution in [0.5, 0.6) is 0 Å². The molecule has 6 heteroatoms. The third-order valence-corrected chi connectivity index (χ3v) is 3.47. The summed E-state index contributed by atoms with van der Waals surface area (Å²) >= 11 is 8.06. The molecule has 0 spiro atoms. The van der Waals surface area contributed by atoms with Crippen LogP contribution in [0.1, 0.15) is 33.6 Å². The number of rotatable bonds is 8. The lowest BCUT2D eigenvalue weighted by Gasteiger charge is -2.20. The molecule has 0 aromatic rings. The SMILES string of the molecule is CCCC(OC(=O)C(C)CS)OC(=O)C(C)CS. The number of hydrogen-bond donors (Lipinski definition) is 2. The van der Waals surface area contributed by atoms with Crippen LogP contribution in [0.25, 0.3) is 0 Å². The van der Waals surface area contributed by atoms with E-state index in [9.17, 15) is 9.59 Å². The maximum atomic E-state index is 11.6. The highest BCUT2D eigenvalue weighted by Gasteiger charge is 2.23. The number of carbonyl (C=O) groups is 2. The van der Waals surface area contributed by atoms with Crippen molar-refractivity contribution >= 4 is 37.2 Å². The smallest absolute Gasteiger partial charge is 0.312 e. The molecule has 0 aromatic heterocycles. The van der Waals surface area contributed by atoms with E-state index in [1.165, 1.54) is 0 Å². The first kappa shape index (κ1) is 17.6. The summed E-state index contributed by atoms with van der Waals surface area (Å²) in [7, 11) is 0. The molecule has 0 rings (SSSR count). The molecule has 0 fully saturated rings. The van der Waals surface area contributed by atoms with Crippen molar-refractivity contribution in [2.24, 2.45) is 11.8 Å². The van der Waals surface area contributed by atoms with Gasteiger partial charge in [0, 0.05) is 17.9 Å². The number of ether oxygens (including phenoxy) is 2. The summed E-state index contributed by atoms with van der Waals surface area (Å²) in [5.41, 5.74) is 0. The molecular weight excluding hydrogens is 272 g/mol. The Morgan fingerprint density at radius 1 is 1.00 bits per heavy atom. The zero-order valence-corrected chi connectivity index (χ0v) is 12.9. The summed E-state index contributed by atoms with van der Waals surface area (Å²) < 4.78 is 10.3. The summed E-state index contributed by atoms with van der Waals surface area (Å²) in [6.07, 6.45) is 0.450. The van der Waals surface area contributed by atoms with Crippen LogP contribution in [0, 0.1) is 11.8 Å². The van der Waals surface area contributed by atoms with E-state index in [1.807, 2.05) is 6.92 Å². The Bertz CT molecular complexity index is 247. The topological polar surface area (TPSA) is 52.6 Å². The fraction of sp³-hybridized carbons (Fsp3) is 0.833. The predicted octanol–water partition coefficient (Wildman–Crippen LogP) is 2.33. The second-order valence-electron chi connectivity index (χ2n) is 4.26. The van der Waals surface area contributed by atoms with E-state index in [1.54, 1.807) is 13.8 Å². The molecule has 0 aliphatic rings. The summed E-state index contributed by atoms with van der Waals surface area (Å²) in [4.78, 5) is 23.2. The minimum Gasteiger partial charge on any atom is -0.425 e. The molecule has 0 aliphatic heterocycles. The van der Waals surface area contributed by atoms with Crippen LogP contribution in [0.2, 0.25) is 0 Å². The van der Waals surface area contributed by atoms with Gasteiger partial charge >= 0.3 is 11.9 Å². The van der Waals surface area contributed by atoms with Crippen LogP contribution in [0.4, 0.5) is 0 Å². The van der Waals surface area contributed by atoms with Crippen molar-refractivity contribution in [3.63, 3.8) is 0 Å². The third-order valence-electron chi connectivity index (χ3n) is 2.37. The van der Waals surface area contributed by atoms with Gasteiger partial charge in [-0.25, -0.2) is 0 Å². The maximum Gasteiger partial charge on any atom is 0.312 e. The van der Waals surface area contributed by atoms with Crippen molar-refractivity contribution in [2.75, 3.05) is 11.5 Å². The Morgan fingerprint density at radius 3 is 1.67 bits per heavy atom. The molecule has 0 radical (unpaired) electrons. The second-order valence-corrected chi connectivity index (χ2v) is 4.99. The van der Waals surface area contributed by atoms with Gasteiger partial charge in [0.05, 0.1) is 11.8 Å². The van der Waals surface area contributed by atoms with E-state index in [0.29, 0.717) is 17.9 Å². The van der Waals surface area contributed by atoms with Crippen molar-refractivity contribution in [1.82, 2.24) is 0 Å². The largest absolute Gasteiger partial charge is 0.425 e. The zero-order valence-electron chi connectivity index (χ0n) is 11.1. The monoisotopic (exact) mass is 294 g/mol. The highest BCUT2D eigenvalue weighted by molar-refractivity contribution is 7.80. The minimum absolute atomic E-state index is 0.311. The van der Waals surface area contributed by atoms with E-state index >= 15 is 0 Å². The number of thiol groups is 2. The Labute approximate surface area is 120 Å². The molecule has 106 valence electrons. The average molecular weight is 294 g/mol. The van der Waals surface area contributed by atoms with Crippen LogP contribution in [-0.4, -0.2) is 29.7 Å². The van der Waals surface area contributed by atoms with Gasteiger partial charge in [0.1, 0.15) is 0 Å². The summed E-state index contributed by atoms with van der Waals surface area (Å²) in [6, 6.07) is 0. The molecular formula is C12H22O4S2. The molecule has 0 aliphatic carbocycles. The van der Waals surface area contributed by atoms with E-state index < -0.39 is 18.2 Å². The zero-order chi connectivity index (χ0) is 14.1. The van der Waals surface area contributed by atoms with Crippen molar-refractivity contribution in [1.29, 1.82) is 0 Å². The first-order chi connectivity index (χ1) is 8.46. The first-order valence-corrected chi connectivity index (χ1v) is 7.35. The van der Waals surface area contributed by atoms with E-state index in [2.05, 4.69) is 25.3 Å². The lowest BCUT2D eigenvalue weighted by atomic mass is 10.2. The molecule has 0 aromatic carbocycles. The van der Waals surface area contributed by atoms with Crippen LogP contribution in [0.3, 0.4) is 0 Å². The van der Waals surface area contributed by atoms with Gasteiger partial charge in [0.2, 0.25) is 6.29 Å². The second kappa shape index (κ2) is 9.55. The standard InChI is InChI=1S/C12H22O4S2/c1-4-5-10(15-11(13)8(2)6-17)16-12(14)9(3)7-18/h8-10,17-18H,4-7H2,1-3H3. The molecule has 2 unspecified atom stereocenters. The van der Waals surface area contributed by atoms with Gasteiger partial charge < -0.3 is 9.47 Å². The Hall–Kier alpha value is -0.360. The summed E-state index contributed by atoms with van der Waals surface area (Å²) in [5.74, 6) is -0.607. The fourth-order valence-electron chi connectivity index (χ4n) is 1.02. The molecule has 0 N–H and O–H groups in total. The fourth-order valence-corrected chi connectivity index (χ4v) is 1.32. The summed E-state index contributed by atoms with van der Waals surface area (Å²) in [6.45, 7) is 5.37. The minimum atomic E-state index is -0.806. The highest BCUT2D eigenvalue weighted by Crippen LogP contribution is 2.12. The Kier molecular flexibility index (Phi) is 9.36. The molecule has 18 heavy (non-hydrogen) atoms. The van der Waals surface area contributed by atoms with Crippen molar-refractivity contribution in [3.8, 4) is 0 Å². The van der Waals surface area contributed by atoms with Gasteiger partial charge in [-0.2, -0.15) is 25.3 Å². The third kappa shape index (κ3) is 6.54. The quantitative estimate of drug-likeness (QED) is 0.410. The average Bonchev–Trinajstić information content (AvgIpc) is 2.36. The van der Waals surface area contributed by atoms with Gasteiger partial charge in [-0.1, -0.05) is 20.8 Å². The molecule has 0 heterocycles. The van der Waals surface area contributed by atoms with E-state index in [-0.39, 0.29) is 11.8 Å². The first-order valence-electron chi connectivity index (χ1n) is 6.08. The molecule has 0 amide bonds. The van der Waals surface area contributed by atoms with Gasteiger partial charge in [-0.05, 0) is 6.42 Å². The van der Waals surface area contributed by atoms with Crippen LogP contribution in [-0.2, 0) is 19.1 Å². The Morgan fingerprint density at radius 2 is 1.39 bits per heavy atom. The van der Waals surface area contributed by atoms with Crippen molar-refractivity contribution in [2.45, 2.75) is 39.9 Å². The van der Waals surface area contributed by atoms with Crippen LogP contribution in [0.15, 0.2) is 0 Å². The van der Waals surface area contributed by atoms with E-state index in [0.717, 1.165) is 6.42 Å². The highest BCUT2D eigenvalue weighted by atomic mass is 32.1. The lowest BCUT2D eigenvalue weighted by molar-refractivity contribution is -0.193. The number of hydrogen-bond acceptors (Lipinski definition) is 6. The number of esters is 2. The number of carbonyl (C=O) groups excluding carboxylic acids is 2.